The highest BCUT2D eigenvalue weighted by atomic mass is 35.5. The van der Waals surface area contributed by atoms with Gasteiger partial charge in [0.2, 0.25) is 5.91 Å². The molecule has 0 spiro atoms. The lowest BCUT2D eigenvalue weighted by Crippen LogP contribution is -2.28. The van der Waals surface area contributed by atoms with Gasteiger partial charge in [-0.25, -0.2) is 0 Å². The van der Waals surface area contributed by atoms with Gasteiger partial charge in [-0.2, -0.15) is 0 Å². The number of esters is 1. The van der Waals surface area contributed by atoms with Gasteiger partial charge in [0.1, 0.15) is 11.5 Å². The number of nitrogens with one attached hydrogen (secondary N) is 1. The van der Waals surface area contributed by atoms with Crippen molar-refractivity contribution in [3.8, 4) is 11.5 Å². The number of carbonyl (C=O) groups excluding carboxylic acids is 3. The number of nitrogens with zero attached hydrogens (tertiary/aromatic N) is 1. The van der Waals surface area contributed by atoms with Crippen molar-refractivity contribution >= 4 is 52.4 Å². The van der Waals surface area contributed by atoms with E-state index in [-0.39, 0.29) is 29.3 Å². The van der Waals surface area contributed by atoms with E-state index in [9.17, 15) is 14.4 Å². The molecule has 1 aliphatic rings. The minimum absolute atomic E-state index is 0.00183. The number of halogens is 2. The van der Waals surface area contributed by atoms with E-state index in [1.807, 2.05) is 24.3 Å². The lowest BCUT2D eigenvalue weighted by atomic mass is 9.87. The SMILES string of the molecule is CC(C)(C)c1ccc(Oc2ccc(N3C[C@@H](C(=O)OCC(=O)Nc4ccc(Cl)cc4Cl)CC3=O)cc2)cc1. The number of carbonyl (C=O) groups is 3. The second-order valence-electron chi connectivity index (χ2n) is 10.1. The minimum atomic E-state index is -0.674. The van der Waals surface area contributed by atoms with Crippen molar-refractivity contribution in [2.24, 2.45) is 5.92 Å². The zero-order valence-corrected chi connectivity index (χ0v) is 22.8. The van der Waals surface area contributed by atoms with Crippen LogP contribution in [0, 0.1) is 5.92 Å². The van der Waals surface area contributed by atoms with Gasteiger partial charge in [-0.15, -0.1) is 0 Å². The van der Waals surface area contributed by atoms with Crippen molar-refractivity contribution in [2.75, 3.05) is 23.4 Å². The highest BCUT2D eigenvalue weighted by Crippen LogP contribution is 2.31. The van der Waals surface area contributed by atoms with Crippen LogP contribution >= 0.6 is 23.2 Å². The first-order valence-corrected chi connectivity index (χ1v) is 12.9. The summed E-state index contributed by atoms with van der Waals surface area (Å²) >= 11 is 11.9. The molecule has 0 aromatic heterocycles. The summed E-state index contributed by atoms with van der Waals surface area (Å²) in [6.45, 7) is 6.13. The molecule has 3 aromatic carbocycles. The smallest absolute Gasteiger partial charge is 0.311 e. The summed E-state index contributed by atoms with van der Waals surface area (Å²) in [5.74, 6) is -0.688. The van der Waals surface area contributed by atoms with Crippen LogP contribution in [0.25, 0.3) is 0 Å². The van der Waals surface area contributed by atoms with Gasteiger partial charge in [0, 0.05) is 23.7 Å². The molecule has 38 heavy (non-hydrogen) atoms. The summed E-state index contributed by atoms with van der Waals surface area (Å²) in [5, 5.41) is 3.26. The van der Waals surface area contributed by atoms with E-state index in [1.54, 1.807) is 36.4 Å². The highest BCUT2D eigenvalue weighted by Gasteiger charge is 2.36. The molecule has 1 saturated heterocycles. The average Bonchev–Trinajstić information content (AvgIpc) is 3.26. The maximum absolute atomic E-state index is 12.6. The first-order valence-electron chi connectivity index (χ1n) is 12.1. The molecule has 0 bridgehead atoms. The van der Waals surface area contributed by atoms with Crippen LogP contribution in [0.5, 0.6) is 11.5 Å². The lowest BCUT2D eigenvalue weighted by molar-refractivity contribution is -0.151. The normalized spacial score (nSPS) is 15.3. The fourth-order valence-electron chi connectivity index (χ4n) is 4.00. The molecule has 1 heterocycles. The van der Waals surface area contributed by atoms with Crippen molar-refractivity contribution in [2.45, 2.75) is 32.6 Å². The molecular weight excluding hydrogens is 527 g/mol. The Morgan fingerprint density at radius 3 is 2.21 bits per heavy atom. The van der Waals surface area contributed by atoms with Crippen LogP contribution in [0.15, 0.2) is 66.7 Å². The molecule has 7 nitrogen and oxygen atoms in total. The quantitative estimate of drug-likeness (QED) is 0.332. The molecule has 9 heteroatoms. The predicted octanol–water partition coefficient (Wildman–Crippen LogP) is 6.62. The molecule has 0 aliphatic carbocycles. The number of benzene rings is 3. The minimum Gasteiger partial charge on any atom is -0.457 e. The van der Waals surface area contributed by atoms with Crippen LogP contribution in [0.3, 0.4) is 0 Å². The molecule has 0 unspecified atom stereocenters. The van der Waals surface area contributed by atoms with E-state index in [2.05, 4.69) is 26.1 Å². The van der Waals surface area contributed by atoms with Crippen molar-refractivity contribution < 1.29 is 23.9 Å². The third-order valence-electron chi connectivity index (χ3n) is 6.11. The van der Waals surface area contributed by atoms with E-state index in [1.165, 1.54) is 16.5 Å². The van der Waals surface area contributed by atoms with Gasteiger partial charge in [0.25, 0.3) is 5.91 Å². The molecular formula is C29H28Cl2N2O5. The summed E-state index contributed by atoms with van der Waals surface area (Å²) in [6, 6.07) is 19.7. The van der Waals surface area contributed by atoms with Crippen molar-refractivity contribution in [3.63, 3.8) is 0 Å². The molecule has 198 valence electrons. The van der Waals surface area contributed by atoms with E-state index < -0.39 is 24.4 Å². The van der Waals surface area contributed by atoms with E-state index in [0.29, 0.717) is 27.9 Å². The molecule has 1 N–H and O–H groups in total. The van der Waals surface area contributed by atoms with Gasteiger partial charge in [0.05, 0.1) is 16.6 Å². The van der Waals surface area contributed by atoms with E-state index in [0.717, 1.165) is 0 Å². The molecule has 0 radical (unpaired) electrons. The maximum atomic E-state index is 12.6. The zero-order valence-electron chi connectivity index (χ0n) is 21.3. The molecule has 2 amide bonds. The Balaban J connectivity index is 1.29. The van der Waals surface area contributed by atoms with Crippen LogP contribution in [0.1, 0.15) is 32.8 Å². The topological polar surface area (TPSA) is 84.9 Å². The lowest BCUT2D eigenvalue weighted by Gasteiger charge is -2.19. The Labute approximate surface area is 231 Å². The van der Waals surface area contributed by atoms with Crippen LogP contribution in [-0.4, -0.2) is 30.9 Å². The molecule has 1 atom stereocenters. The number of rotatable bonds is 7. The largest absolute Gasteiger partial charge is 0.457 e. The van der Waals surface area contributed by atoms with Gasteiger partial charge in [-0.1, -0.05) is 56.1 Å². The first kappa shape index (κ1) is 27.5. The number of ether oxygens (including phenoxy) is 2. The van der Waals surface area contributed by atoms with Crippen molar-refractivity contribution in [3.05, 3.63) is 82.3 Å². The zero-order chi connectivity index (χ0) is 27.4. The van der Waals surface area contributed by atoms with Gasteiger partial charge in [-0.05, 0) is 65.6 Å². The Morgan fingerprint density at radius 2 is 1.61 bits per heavy atom. The summed E-state index contributed by atoms with van der Waals surface area (Å²) < 4.78 is 11.1. The third kappa shape index (κ3) is 6.85. The Morgan fingerprint density at radius 1 is 0.974 bits per heavy atom. The molecule has 3 aromatic rings. The Bertz CT molecular complexity index is 1330. The van der Waals surface area contributed by atoms with Crippen molar-refractivity contribution in [1.82, 2.24) is 0 Å². The average molecular weight is 555 g/mol. The second kappa shape index (κ2) is 11.5. The van der Waals surface area contributed by atoms with Gasteiger partial charge >= 0.3 is 5.97 Å². The fraction of sp³-hybridized carbons (Fsp3) is 0.276. The number of anilines is 2. The Hall–Kier alpha value is -3.55. The standard InChI is InChI=1S/C29H28Cl2N2O5/c1-29(2,3)19-4-9-22(10-5-19)38-23-11-7-21(8-12-23)33-16-18(14-27(33)35)28(36)37-17-26(34)32-25-13-6-20(30)15-24(25)31/h4-13,15,18H,14,16-17H2,1-3H3,(H,32,34)/t18-/m0/s1. The van der Waals surface area contributed by atoms with Gasteiger partial charge in [-0.3, -0.25) is 14.4 Å². The Kier molecular flexibility index (Phi) is 8.29. The summed E-state index contributed by atoms with van der Waals surface area (Å²) in [4.78, 5) is 38.8. The second-order valence-corrected chi connectivity index (χ2v) is 10.9. The molecule has 1 fully saturated rings. The summed E-state index contributed by atoms with van der Waals surface area (Å²) in [7, 11) is 0. The highest BCUT2D eigenvalue weighted by molar-refractivity contribution is 6.36. The van der Waals surface area contributed by atoms with E-state index in [4.69, 9.17) is 32.7 Å². The first-order chi connectivity index (χ1) is 18.0. The summed E-state index contributed by atoms with van der Waals surface area (Å²) in [6.07, 6.45) is 0.00183. The number of amides is 2. The van der Waals surface area contributed by atoms with E-state index >= 15 is 0 Å². The van der Waals surface area contributed by atoms with Crippen molar-refractivity contribution in [1.29, 1.82) is 0 Å². The van der Waals surface area contributed by atoms with Crippen LogP contribution in [0.2, 0.25) is 10.0 Å². The summed E-state index contributed by atoms with van der Waals surface area (Å²) in [5.41, 5.74) is 2.28. The predicted molar refractivity (Wildman–Crippen MR) is 148 cm³/mol. The van der Waals surface area contributed by atoms with Crippen LogP contribution in [-0.2, 0) is 24.5 Å². The van der Waals surface area contributed by atoms with Gasteiger partial charge < -0.3 is 19.7 Å². The number of hydrogen-bond donors (Lipinski definition) is 1. The maximum Gasteiger partial charge on any atom is 0.311 e. The monoisotopic (exact) mass is 554 g/mol. The van der Waals surface area contributed by atoms with Crippen LogP contribution in [0.4, 0.5) is 11.4 Å². The fourth-order valence-corrected chi connectivity index (χ4v) is 4.46. The van der Waals surface area contributed by atoms with Gasteiger partial charge in [0.15, 0.2) is 6.61 Å². The third-order valence-corrected chi connectivity index (χ3v) is 6.66. The molecule has 1 aliphatic heterocycles. The molecule has 0 saturated carbocycles. The number of hydrogen-bond acceptors (Lipinski definition) is 5. The van der Waals surface area contributed by atoms with Crippen LogP contribution < -0.4 is 15.0 Å². The molecule has 4 rings (SSSR count).